The Morgan fingerprint density at radius 3 is 2.89 bits per heavy atom. The van der Waals surface area contributed by atoms with Gasteiger partial charge in [0, 0.05) is 44.2 Å². The first-order chi connectivity index (χ1) is 9.22. The maximum atomic E-state index is 8.81. The molecule has 2 heterocycles. The quantitative estimate of drug-likeness (QED) is 0.773. The number of nitrogens with zero attached hydrogens (tertiary/aromatic N) is 2. The molecule has 0 bridgehead atoms. The largest absolute Gasteiger partial charge is 0.396 e. The van der Waals surface area contributed by atoms with E-state index in [0.717, 1.165) is 50.2 Å². The van der Waals surface area contributed by atoms with Gasteiger partial charge in [-0.15, -0.1) is 0 Å². The highest BCUT2D eigenvalue weighted by molar-refractivity contribution is 5.64. The lowest BCUT2D eigenvalue weighted by atomic mass is 10.0. The van der Waals surface area contributed by atoms with Crippen molar-refractivity contribution in [2.75, 3.05) is 37.5 Å². The van der Waals surface area contributed by atoms with Gasteiger partial charge in [0.2, 0.25) is 0 Å². The van der Waals surface area contributed by atoms with Crippen LogP contribution in [0.1, 0.15) is 36.9 Å². The number of nitrogens with one attached hydrogen (secondary N) is 1. The highest BCUT2D eigenvalue weighted by Gasteiger charge is 2.16. The van der Waals surface area contributed by atoms with Gasteiger partial charge in [-0.2, -0.15) is 0 Å². The Bertz CT molecular complexity index is 418. The summed E-state index contributed by atoms with van der Waals surface area (Å²) in [6.45, 7) is 1.32. The number of aliphatic hydroxyl groups excluding tert-OH is 1. The summed E-state index contributed by atoms with van der Waals surface area (Å²) < 4.78 is 0. The summed E-state index contributed by atoms with van der Waals surface area (Å²) in [6.07, 6.45) is 6.36. The molecule has 19 heavy (non-hydrogen) atoms. The van der Waals surface area contributed by atoms with Crippen LogP contribution in [0.25, 0.3) is 0 Å². The van der Waals surface area contributed by atoms with Crippen LogP contribution < -0.4 is 10.2 Å². The zero-order valence-electron chi connectivity index (χ0n) is 12.1. The number of aromatic nitrogens is 1. The molecule has 0 aromatic carbocycles. The minimum atomic E-state index is 0.294. The molecule has 1 aromatic heterocycles. The average molecular weight is 263 g/mol. The van der Waals surface area contributed by atoms with Crippen molar-refractivity contribution in [3.8, 4) is 0 Å². The van der Waals surface area contributed by atoms with E-state index in [9.17, 15) is 0 Å². The standard InChI is InChI=1S/C15H25N3O/c1-18(2)14-11-12(7-4-3-5-10-19)17-15-13(14)8-6-9-16-15/h11,19H,3-10H2,1-2H3,(H,16,17). The predicted molar refractivity (Wildman–Crippen MR) is 80.0 cm³/mol. The van der Waals surface area contributed by atoms with E-state index in [1.807, 2.05) is 0 Å². The molecule has 2 N–H and O–H groups in total. The molecule has 1 aromatic rings. The van der Waals surface area contributed by atoms with Gasteiger partial charge in [0.15, 0.2) is 0 Å². The van der Waals surface area contributed by atoms with E-state index >= 15 is 0 Å². The first-order valence-electron chi connectivity index (χ1n) is 7.27. The number of fused-ring (bicyclic) bond motifs is 1. The van der Waals surface area contributed by atoms with Crippen LogP contribution in [0.3, 0.4) is 0 Å². The molecule has 1 aliphatic rings. The van der Waals surface area contributed by atoms with Gasteiger partial charge in [0.1, 0.15) is 5.82 Å². The van der Waals surface area contributed by atoms with Crippen molar-refractivity contribution in [1.29, 1.82) is 0 Å². The third-order valence-electron chi connectivity index (χ3n) is 3.62. The first kappa shape index (κ1) is 14.1. The molecule has 4 nitrogen and oxygen atoms in total. The van der Waals surface area contributed by atoms with E-state index in [1.165, 1.54) is 17.7 Å². The third-order valence-corrected chi connectivity index (χ3v) is 3.62. The number of unbranched alkanes of at least 4 members (excludes halogenated alkanes) is 2. The Kier molecular flexibility index (Phi) is 5.02. The Morgan fingerprint density at radius 1 is 1.32 bits per heavy atom. The maximum absolute atomic E-state index is 8.81. The minimum absolute atomic E-state index is 0.294. The smallest absolute Gasteiger partial charge is 0.131 e. The second-order valence-electron chi connectivity index (χ2n) is 5.42. The van der Waals surface area contributed by atoms with Crippen molar-refractivity contribution in [2.45, 2.75) is 38.5 Å². The van der Waals surface area contributed by atoms with Crippen LogP contribution >= 0.6 is 0 Å². The normalized spacial score (nSPS) is 13.8. The maximum Gasteiger partial charge on any atom is 0.131 e. The number of rotatable bonds is 6. The van der Waals surface area contributed by atoms with Crippen molar-refractivity contribution in [3.05, 3.63) is 17.3 Å². The third kappa shape index (κ3) is 3.60. The van der Waals surface area contributed by atoms with Gasteiger partial charge >= 0.3 is 0 Å². The van der Waals surface area contributed by atoms with Gasteiger partial charge in [-0.3, -0.25) is 0 Å². The number of aliphatic hydroxyl groups is 1. The fraction of sp³-hybridized carbons (Fsp3) is 0.667. The summed E-state index contributed by atoms with van der Waals surface area (Å²) in [4.78, 5) is 6.94. The van der Waals surface area contributed by atoms with E-state index in [1.54, 1.807) is 0 Å². The zero-order valence-corrected chi connectivity index (χ0v) is 12.1. The van der Waals surface area contributed by atoms with E-state index in [0.29, 0.717) is 6.61 Å². The molecular formula is C15H25N3O. The predicted octanol–water partition coefficient (Wildman–Crippen LogP) is 2.21. The van der Waals surface area contributed by atoms with Gasteiger partial charge in [-0.25, -0.2) is 4.98 Å². The van der Waals surface area contributed by atoms with Crippen LogP contribution in [0.5, 0.6) is 0 Å². The number of aryl methyl sites for hydroxylation is 1. The molecule has 0 fully saturated rings. The first-order valence-corrected chi connectivity index (χ1v) is 7.27. The number of hydrogen-bond acceptors (Lipinski definition) is 4. The Hall–Kier alpha value is -1.29. The molecule has 0 spiro atoms. The molecule has 0 atom stereocenters. The SMILES string of the molecule is CN(C)c1cc(CCCCCO)nc2c1CCCN2. The molecule has 0 saturated carbocycles. The molecule has 1 aliphatic heterocycles. The molecule has 4 heteroatoms. The molecule has 0 aliphatic carbocycles. The molecule has 106 valence electrons. The van der Waals surface area contributed by atoms with Crippen LogP contribution in [-0.2, 0) is 12.8 Å². The lowest BCUT2D eigenvalue weighted by molar-refractivity contribution is 0.283. The molecule has 0 saturated heterocycles. The highest BCUT2D eigenvalue weighted by atomic mass is 16.2. The van der Waals surface area contributed by atoms with Crippen molar-refractivity contribution in [2.24, 2.45) is 0 Å². The summed E-state index contributed by atoms with van der Waals surface area (Å²) in [6, 6.07) is 2.23. The highest BCUT2D eigenvalue weighted by Crippen LogP contribution is 2.30. The van der Waals surface area contributed by atoms with E-state index in [2.05, 4.69) is 30.4 Å². The van der Waals surface area contributed by atoms with E-state index in [4.69, 9.17) is 10.1 Å². The van der Waals surface area contributed by atoms with Crippen LogP contribution in [0, 0.1) is 0 Å². The fourth-order valence-corrected chi connectivity index (χ4v) is 2.60. The van der Waals surface area contributed by atoms with Gasteiger partial charge in [-0.1, -0.05) is 6.42 Å². The molecule has 0 radical (unpaired) electrons. The molecule has 0 unspecified atom stereocenters. The summed E-state index contributed by atoms with van der Waals surface area (Å²) in [7, 11) is 4.19. The number of pyridine rings is 1. The Labute approximate surface area is 115 Å². The lowest BCUT2D eigenvalue weighted by Gasteiger charge is -2.25. The van der Waals surface area contributed by atoms with Crippen LogP contribution in [0.2, 0.25) is 0 Å². The van der Waals surface area contributed by atoms with Crippen molar-refractivity contribution in [1.82, 2.24) is 4.98 Å². The van der Waals surface area contributed by atoms with Crippen molar-refractivity contribution >= 4 is 11.5 Å². The zero-order chi connectivity index (χ0) is 13.7. The second kappa shape index (κ2) is 6.75. The molecule has 2 rings (SSSR count). The van der Waals surface area contributed by atoms with Gasteiger partial charge < -0.3 is 15.3 Å². The second-order valence-corrected chi connectivity index (χ2v) is 5.42. The number of hydrogen-bond donors (Lipinski definition) is 2. The fourth-order valence-electron chi connectivity index (χ4n) is 2.60. The van der Waals surface area contributed by atoms with Crippen molar-refractivity contribution < 1.29 is 5.11 Å². The minimum Gasteiger partial charge on any atom is -0.396 e. The van der Waals surface area contributed by atoms with Crippen LogP contribution in [0.4, 0.5) is 11.5 Å². The molecule has 0 amide bonds. The summed E-state index contributed by atoms with van der Waals surface area (Å²) in [5, 5.41) is 12.2. The van der Waals surface area contributed by atoms with E-state index < -0.39 is 0 Å². The van der Waals surface area contributed by atoms with Crippen molar-refractivity contribution in [3.63, 3.8) is 0 Å². The van der Waals surface area contributed by atoms with Gasteiger partial charge in [0.25, 0.3) is 0 Å². The topological polar surface area (TPSA) is 48.4 Å². The average Bonchev–Trinajstić information content (AvgIpc) is 2.42. The van der Waals surface area contributed by atoms with E-state index in [-0.39, 0.29) is 0 Å². The molecular weight excluding hydrogens is 238 g/mol. The summed E-state index contributed by atoms with van der Waals surface area (Å²) in [5.74, 6) is 1.08. The lowest BCUT2D eigenvalue weighted by Crippen LogP contribution is -2.19. The monoisotopic (exact) mass is 263 g/mol. The van der Waals surface area contributed by atoms with Crippen LogP contribution in [-0.4, -0.2) is 37.3 Å². The number of anilines is 2. The van der Waals surface area contributed by atoms with Gasteiger partial charge in [-0.05, 0) is 38.2 Å². The Balaban J connectivity index is 2.13. The van der Waals surface area contributed by atoms with Crippen LogP contribution in [0.15, 0.2) is 6.07 Å². The Morgan fingerprint density at radius 2 is 2.16 bits per heavy atom. The van der Waals surface area contributed by atoms with Gasteiger partial charge in [0.05, 0.1) is 0 Å². The summed E-state index contributed by atoms with van der Waals surface area (Å²) in [5.41, 5.74) is 3.82. The summed E-state index contributed by atoms with van der Waals surface area (Å²) >= 11 is 0.